The Hall–Kier alpha value is -0.120. The van der Waals surface area contributed by atoms with Gasteiger partial charge in [0.25, 0.3) is 0 Å². The fourth-order valence-electron chi connectivity index (χ4n) is 6.28. The smallest absolute Gasteiger partial charge is 0.0700 e. The van der Waals surface area contributed by atoms with Gasteiger partial charge in [-0.2, -0.15) is 0 Å². The van der Waals surface area contributed by atoms with Gasteiger partial charge in [0, 0.05) is 19.2 Å². The second kappa shape index (κ2) is 5.26. The lowest BCUT2D eigenvalue weighted by atomic mass is 9.43. The number of rotatable bonds is 7. The summed E-state index contributed by atoms with van der Waals surface area (Å²) in [5, 5.41) is 3.89. The lowest BCUT2D eigenvalue weighted by Crippen LogP contribution is -2.64. The van der Waals surface area contributed by atoms with Crippen LogP contribution in [-0.4, -0.2) is 39.0 Å². The van der Waals surface area contributed by atoms with Gasteiger partial charge >= 0.3 is 0 Å². The predicted molar refractivity (Wildman–Crippen MR) is 80.8 cm³/mol. The third-order valence-corrected chi connectivity index (χ3v) is 5.80. The van der Waals surface area contributed by atoms with E-state index in [4.69, 9.17) is 9.47 Å². The summed E-state index contributed by atoms with van der Waals surface area (Å²) in [6, 6.07) is 0. The van der Waals surface area contributed by atoms with Crippen molar-refractivity contribution in [3.8, 4) is 0 Å². The molecule has 3 nitrogen and oxygen atoms in total. The van der Waals surface area contributed by atoms with Crippen molar-refractivity contribution in [2.24, 2.45) is 16.7 Å². The van der Waals surface area contributed by atoms with Crippen molar-refractivity contribution in [3.05, 3.63) is 0 Å². The molecule has 0 heterocycles. The normalized spacial score (nSPS) is 46.0. The highest BCUT2D eigenvalue weighted by molar-refractivity contribution is 5.14. The Morgan fingerprint density at radius 1 is 0.950 bits per heavy atom. The van der Waals surface area contributed by atoms with Gasteiger partial charge in [-0.3, -0.25) is 0 Å². The van der Waals surface area contributed by atoms with Crippen LogP contribution in [0.3, 0.4) is 0 Å². The Balaban J connectivity index is 1.53. The van der Waals surface area contributed by atoms with Crippen LogP contribution in [0, 0.1) is 16.7 Å². The minimum Gasteiger partial charge on any atom is -0.382 e. The van der Waals surface area contributed by atoms with E-state index in [1.54, 1.807) is 7.11 Å². The van der Waals surface area contributed by atoms with Crippen LogP contribution in [0.25, 0.3) is 0 Å². The summed E-state index contributed by atoms with van der Waals surface area (Å²) < 4.78 is 10.6. The van der Waals surface area contributed by atoms with Gasteiger partial charge in [-0.05, 0) is 55.3 Å². The molecule has 4 aliphatic carbocycles. The molecular weight excluding hydrogens is 250 g/mol. The molecule has 116 valence electrons. The first-order chi connectivity index (χ1) is 9.47. The van der Waals surface area contributed by atoms with Gasteiger partial charge in [0.05, 0.1) is 19.8 Å². The fraction of sp³-hybridized carbons (Fsp3) is 1.00. The molecule has 2 unspecified atom stereocenters. The largest absolute Gasteiger partial charge is 0.382 e. The Kier molecular flexibility index (Phi) is 3.89. The predicted octanol–water partition coefficient (Wildman–Crippen LogP) is 2.99. The molecule has 2 atom stereocenters. The molecule has 0 saturated heterocycles. The van der Waals surface area contributed by atoms with E-state index in [0.29, 0.717) is 29.6 Å². The van der Waals surface area contributed by atoms with Gasteiger partial charge in [0.1, 0.15) is 0 Å². The number of hydrogen-bond acceptors (Lipinski definition) is 3. The van der Waals surface area contributed by atoms with E-state index in [-0.39, 0.29) is 0 Å². The number of ether oxygens (including phenoxy) is 2. The number of hydrogen-bond donors (Lipinski definition) is 1. The number of nitrogens with one attached hydrogen (secondary N) is 1. The standard InChI is InChI=1S/C17H31NO2/c1-15-8-14-9-16(2,11-15)13-17(10-14,12-15)18-4-5-20-7-6-19-3/h14,18H,4-13H2,1-3H3. The van der Waals surface area contributed by atoms with E-state index < -0.39 is 0 Å². The van der Waals surface area contributed by atoms with Crippen LogP contribution >= 0.6 is 0 Å². The molecular formula is C17H31NO2. The van der Waals surface area contributed by atoms with Gasteiger partial charge < -0.3 is 14.8 Å². The maximum absolute atomic E-state index is 5.60. The third kappa shape index (κ3) is 2.90. The highest BCUT2D eigenvalue weighted by Gasteiger charge is 2.59. The molecule has 1 N–H and O–H groups in total. The summed E-state index contributed by atoms with van der Waals surface area (Å²) in [5.41, 5.74) is 1.60. The van der Waals surface area contributed by atoms with E-state index in [0.717, 1.165) is 19.1 Å². The first kappa shape index (κ1) is 14.8. The average Bonchev–Trinajstić information content (AvgIpc) is 2.29. The van der Waals surface area contributed by atoms with Crippen LogP contribution in [0.2, 0.25) is 0 Å². The molecule has 0 radical (unpaired) electrons. The molecule has 0 aromatic heterocycles. The molecule has 0 aromatic carbocycles. The third-order valence-electron chi connectivity index (χ3n) is 5.80. The van der Waals surface area contributed by atoms with Crippen molar-refractivity contribution >= 4 is 0 Å². The monoisotopic (exact) mass is 281 g/mol. The van der Waals surface area contributed by atoms with E-state index >= 15 is 0 Å². The lowest BCUT2D eigenvalue weighted by Gasteiger charge is -2.65. The summed E-state index contributed by atoms with van der Waals surface area (Å²) in [6.07, 6.45) is 8.54. The van der Waals surface area contributed by atoms with Crippen LogP contribution < -0.4 is 5.32 Å². The van der Waals surface area contributed by atoms with Gasteiger partial charge in [0.2, 0.25) is 0 Å². The van der Waals surface area contributed by atoms with Crippen LogP contribution in [0.15, 0.2) is 0 Å². The molecule has 4 saturated carbocycles. The lowest BCUT2D eigenvalue weighted by molar-refractivity contribution is -0.118. The van der Waals surface area contributed by atoms with Gasteiger partial charge in [0.15, 0.2) is 0 Å². The second-order valence-electron chi connectivity index (χ2n) is 8.44. The van der Waals surface area contributed by atoms with Crippen molar-refractivity contribution in [1.82, 2.24) is 5.32 Å². The maximum atomic E-state index is 5.60. The summed E-state index contributed by atoms with van der Waals surface area (Å²) in [7, 11) is 1.72. The number of methoxy groups -OCH3 is 1. The van der Waals surface area contributed by atoms with Crippen molar-refractivity contribution in [2.75, 3.05) is 33.5 Å². The summed E-state index contributed by atoms with van der Waals surface area (Å²) >= 11 is 0. The average molecular weight is 281 g/mol. The fourth-order valence-corrected chi connectivity index (χ4v) is 6.28. The van der Waals surface area contributed by atoms with Gasteiger partial charge in [-0.25, -0.2) is 0 Å². The van der Waals surface area contributed by atoms with E-state index in [9.17, 15) is 0 Å². The Morgan fingerprint density at radius 3 is 2.25 bits per heavy atom. The minimum absolute atomic E-state index is 0.410. The Bertz CT molecular complexity index is 339. The van der Waals surface area contributed by atoms with E-state index in [1.807, 2.05) is 0 Å². The van der Waals surface area contributed by atoms with Crippen molar-refractivity contribution in [2.45, 2.75) is 57.9 Å². The molecule has 0 aromatic rings. The van der Waals surface area contributed by atoms with Crippen LogP contribution in [0.5, 0.6) is 0 Å². The zero-order valence-electron chi connectivity index (χ0n) is 13.5. The van der Waals surface area contributed by atoms with Crippen LogP contribution in [0.4, 0.5) is 0 Å². The first-order valence-electron chi connectivity index (χ1n) is 8.28. The molecule has 4 aliphatic rings. The van der Waals surface area contributed by atoms with Gasteiger partial charge in [-0.1, -0.05) is 13.8 Å². The highest BCUT2D eigenvalue weighted by Crippen LogP contribution is 2.66. The van der Waals surface area contributed by atoms with Crippen LogP contribution in [-0.2, 0) is 9.47 Å². The summed E-state index contributed by atoms with van der Waals surface area (Å²) in [5.74, 6) is 0.961. The van der Waals surface area contributed by atoms with E-state index in [2.05, 4.69) is 19.2 Å². The molecule has 20 heavy (non-hydrogen) atoms. The SMILES string of the molecule is COCCOCCNC12CC3CC(C)(CC(C)(C3)C1)C2. The maximum Gasteiger partial charge on any atom is 0.0700 e. The zero-order chi connectivity index (χ0) is 14.3. The molecule has 4 bridgehead atoms. The summed E-state index contributed by atoms with van der Waals surface area (Å²) in [6.45, 7) is 8.26. The summed E-state index contributed by atoms with van der Waals surface area (Å²) in [4.78, 5) is 0. The highest BCUT2D eigenvalue weighted by atomic mass is 16.5. The molecule has 0 amide bonds. The van der Waals surface area contributed by atoms with Crippen LogP contribution in [0.1, 0.15) is 52.4 Å². The second-order valence-corrected chi connectivity index (χ2v) is 8.44. The first-order valence-corrected chi connectivity index (χ1v) is 8.28. The minimum atomic E-state index is 0.410. The molecule has 0 spiro atoms. The van der Waals surface area contributed by atoms with Gasteiger partial charge in [-0.15, -0.1) is 0 Å². The Morgan fingerprint density at radius 2 is 1.65 bits per heavy atom. The Labute approximate surface area is 123 Å². The molecule has 4 rings (SSSR count). The molecule has 3 heteroatoms. The quantitative estimate of drug-likeness (QED) is 0.728. The zero-order valence-corrected chi connectivity index (χ0v) is 13.5. The molecule has 0 aliphatic heterocycles. The topological polar surface area (TPSA) is 30.5 Å². The van der Waals surface area contributed by atoms with E-state index in [1.165, 1.54) is 38.5 Å². The molecule has 4 fully saturated rings. The van der Waals surface area contributed by atoms with Crippen molar-refractivity contribution in [1.29, 1.82) is 0 Å². The van der Waals surface area contributed by atoms with Crippen molar-refractivity contribution in [3.63, 3.8) is 0 Å². The van der Waals surface area contributed by atoms with Crippen molar-refractivity contribution < 1.29 is 9.47 Å².